The molecule has 1 saturated carbocycles. The Morgan fingerprint density at radius 1 is 1.30 bits per heavy atom. The summed E-state index contributed by atoms with van der Waals surface area (Å²) in [4.78, 5) is 15.9. The first-order chi connectivity index (χ1) is 10.9. The van der Waals surface area contributed by atoms with E-state index < -0.39 is 10.0 Å². The van der Waals surface area contributed by atoms with E-state index in [1.807, 2.05) is 22.4 Å². The third-order valence-corrected chi connectivity index (χ3v) is 5.04. The Hall–Kier alpha value is -1.86. The van der Waals surface area contributed by atoms with Gasteiger partial charge in [0.05, 0.1) is 12.8 Å². The van der Waals surface area contributed by atoms with Crippen LogP contribution < -0.4 is 4.72 Å². The summed E-state index contributed by atoms with van der Waals surface area (Å²) < 4.78 is 25.1. The first-order valence-corrected chi connectivity index (χ1v) is 10.1. The maximum absolute atomic E-state index is 12.8. The highest BCUT2D eigenvalue weighted by Gasteiger charge is 2.33. The highest BCUT2D eigenvalue weighted by molar-refractivity contribution is 7.92. The van der Waals surface area contributed by atoms with Crippen molar-refractivity contribution in [3.05, 3.63) is 52.2 Å². The van der Waals surface area contributed by atoms with Crippen molar-refractivity contribution in [3.63, 3.8) is 0 Å². The van der Waals surface area contributed by atoms with Crippen LogP contribution in [0.25, 0.3) is 0 Å². The van der Waals surface area contributed by atoms with Crippen LogP contribution in [0, 0.1) is 0 Å². The van der Waals surface area contributed by atoms with E-state index in [4.69, 9.17) is 0 Å². The molecule has 1 aromatic carbocycles. The first kappa shape index (κ1) is 16.0. The first-order valence-electron chi connectivity index (χ1n) is 7.33. The fourth-order valence-corrected chi connectivity index (χ4v) is 3.68. The second-order valence-electron chi connectivity index (χ2n) is 5.70. The minimum atomic E-state index is -3.36. The van der Waals surface area contributed by atoms with Crippen molar-refractivity contribution in [1.29, 1.82) is 0 Å². The number of amides is 1. The van der Waals surface area contributed by atoms with Crippen molar-refractivity contribution in [2.24, 2.45) is 0 Å². The molecule has 7 heteroatoms. The lowest BCUT2D eigenvalue weighted by Gasteiger charge is -2.22. The van der Waals surface area contributed by atoms with Gasteiger partial charge in [0.25, 0.3) is 5.91 Å². The smallest absolute Gasteiger partial charge is 0.254 e. The Kier molecular flexibility index (Phi) is 4.41. The number of rotatable bonds is 6. The van der Waals surface area contributed by atoms with Gasteiger partial charge < -0.3 is 4.90 Å². The fraction of sp³-hybridized carbons (Fsp3) is 0.312. The summed E-state index contributed by atoms with van der Waals surface area (Å²) in [5.74, 6) is -0.0574. The molecule has 0 radical (unpaired) electrons. The number of nitrogens with zero attached hydrogens (tertiary/aromatic N) is 1. The van der Waals surface area contributed by atoms with Gasteiger partial charge >= 0.3 is 0 Å². The predicted octanol–water partition coefficient (Wildman–Crippen LogP) is 2.92. The molecule has 1 aliphatic carbocycles. The second-order valence-corrected chi connectivity index (χ2v) is 8.48. The van der Waals surface area contributed by atoms with Crippen LogP contribution in [0.4, 0.5) is 5.69 Å². The zero-order chi connectivity index (χ0) is 16.4. The molecule has 1 fully saturated rings. The molecule has 1 N–H and O–H groups in total. The largest absolute Gasteiger partial charge is 0.331 e. The van der Waals surface area contributed by atoms with Crippen LogP contribution in [0.5, 0.6) is 0 Å². The molecule has 0 bridgehead atoms. The van der Waals surface area contributed by atoms with Gasteiger partial charge in [-0.3, -0.25) is 9.52 Å². The fourth-order valence-electron chi connectivity index (χ4n) is 2.42. The van der Waals surface area contributed by atoms with Crippen LogP contribution in [0.2, 0.25) is 0 Å². The molecular formula is C16H18N2O3S2. The Morgan fingerprint density at radius 3 is 2.70 bits per heavy atom. The Morgan fingerprint density at radius 2 is 2.09 bits per heavy atom. The van der Waals surface area contributed by atoms with Crippen molar-refractivity contribution in [2.75, 3.05) is 11.0 Å². The molecule has 0 spiro atoms. The minimum absolute atomic E-state index is 0.0574. The SMILES string of the molecule is CS(=O)(=O)Nc1cccc(C(=O)N(Cc2cccs2)C2CC2)c1. The molecular weight excluding hydrogens is 332 g/mol. The van der Waals surface area contributed by atoms with E-state index in [1.54, 1.807) is 35.6 Å². The normalized spacial score (nSPS) is 14.5. The number of hydrogen-bond acceptors (Lipinski definition) is 4. The van der Waals surface area contributed by atoms with Crippen LogP contribution in [0.15, 0.2) is 41.8 Å². The van der Waals surface area contributed by atoms with Crippen LogP contribution >= 0.6 is 11.3 Å². The van der Waals surface area contributed by atoms with Gasteiger partial charge in [0.1, 0.15) is 0 Å². The average molecular weight is 350 g/mol. The van der Waals surface area contributed by atoms with Crippen molar-refractivity contribution in [1.82, 2.24) is 4.90 Å². The molecule has 0 unspecified atom stereocenters. The zero-order valence-corrected chi connectivity index (χ0v) is 14.4. The summed E-state index contributed by atoms with van der Waals surface area (Å²) in [5, 5.41) is 2.00. The van der Waals surface area contributed by atoms with Crippen LogP contribution in [-0.4, -0.2) is 31.5 Å². The third-order valence-electron chi connectivity index (χ3n) is 3.57. The highest BCUT2D eigenvalue weighted by Crippen LogP contribution is 2.31. The number of nitrogens with one attached hydrogen (secondary N) is 1. The van der Waals surface area contributed by atoms with Crippen molar-refractivity contribution in [3.8, 4) is 0 Å². The van der Waals surface area contributed by atoms with E-state index in [9.17, 15) is 13.2 Å². The van der Waals surface area contributed by atoms with Gasteiger partial charge in [-0.2, -0.15) is 0 Å². The Labute approximate surface area is 140 Å². The van der Waals surface area contributed by atoms with Gasteiger partial charge in [-0.1, -0.05) is 12.1 Å². The van der Waals surface area contributed by atoms with E-state index in [-0.39, 0.29) is 11.9 Å². The summed E-state index contributed by atoms with van der Waals surface area (Å²) in [6, 6.07) is 10.9. The molecule has 0 saturated heterocycles. The lowest BCUT2D eigenvalue weighted by atomic mass is 10.1. The number of benzene rings is 1. The van der Waals surface area contributed by atoms with Gasteiger partial charge in [-0.05, 0) is 42.5 Å². The maximum Gasteiger partial charge on any atom is 0.254 e. The standard InChI is InChI=1S/C16H18N2O3S2/c1-23(20,21)17-13-5-2-4-12(10-13)16(19)18(14-7-8-14)11-15-6-3-9-22-15/h2-6,9-10,14,17H,7-8,11H2,1H3. The summed E-state index contributed by atoms with van der Waals surface area (Å²) >= 11 is 1.63. The quantitative estimate of drug-likeness (QED) is 0.871. The number of carbonyl (C=O) groups is 1. The molecule has 0 aliphatic heterocycles. The maximum atomic E-state index is 12.8. The lowest BCUT2D eigenvalue weighted by Crippen LogP contribution is -2.32. The highest BCUT2D eigenvalue weighted by atomic mass is 32.2. The number of sulfonamides is 1. The Bertz CT molecular complexity index is 796. The predicted molar refractivity (Wildman–Crippen MR) is 92.1 cm³/mol. The van der Waals surface area contributed by atoms with E-state index in [0.29, 0.717) is 17.8 Å². The topological polar surface area (TPSA) is 66.5 Å². The molecule has 1 heterocycles. The summed E-state index contributed by atoms with van der Waals surface area (Å²) in [6.45, 7) is 0.602. The second kappa shape index (κ2) is 6.33. The average Bonchev–Trinajstić information content (AvgIpc) is 3.19. The molecule has 1 amide bonds. The van der Waals surface area contributed by atoms with Gasteiger partial charge in [0, 0.05) is 22.2 Å². The molecule has 122 valence electrons. The number of anilines is 1. The molecule has 0 atom stereocenters. The van der Waals surface area contributed by atoms with Crippen LogP contribution in [0.3, 0.4) is 0 Å². The summed E-state index contributed by atoms with van der Waals surface area (Å²) in [5.41, 5.74) is 0.910. The zero-order valence-electron chi connectivity index (χ0n) is 12.7. The Balaban J connectivity index is 1.81. The van der Waals surface area contributed by atoms with Crippen LogP contribution in [0.1, 0.15) is 28.1 Å². The molecule has 2 aromatic rings. The molecule has 23 heavy (non-hydrogen) atoms. The molecule has 1 aliphatic rings. The summed E-state index contributed by atoms with van der Waals surface area (Å²) in [6.07, 6.45) is 3.14. The van der Waals surface area contributed by atoms with Crippen molar-refractivity contribution < 1.29 is 13.2 Å². The van der Waals surface area contributed by atoms with Gasteiger partial charge in [-0.15, -0.1) is 11.3 Å². The van der Waals surface area contributed by atoms with Crippen LogP contribution in [-0.2, 0) is 16.6 Å². The van der Waals surface area contributed by atoms with Crippen molar-refractivity contribution in [2.45, 2.75) is 25.4 Å². The number of thiophene rings is 1. The van der Waals surface area contributed by atoms with Gasteiger partial charge in [0.15, 0.2) is 0 Å². The minimum Gasteiger partial charge on any atom is -0.331 e. The lowest BCUT2D eigenvalue weighted by molar-refractivity contribution is 0.0731. The molecule has 3 rings (SSSR count). The van der Waals surface area contributed by atoms with E-state index >= 15 is 0 Å². The summed E-state index contributed by atoms with van der Waals surface area (Å²) in [7, 11) is -3.36. The monoisotopic (exact) mass is 350 g/mol. The number of hydrogen-bond donors (Lipinski definition) is 1. The van der Waals surface area contributed by atoms with E-state index in [0.717, 1.165) is 24.0 Å². The van der Waals surface area contributed by atoms with Crippen molar-refractivity contribution >= 4 is 33.0 Å². The third kappa shape index (κ3) is 4.33. The van der Waals surface area contributed by atoms with Gasteiger partial charge in [-0.25, -0.2) is 8.42 Å². The molecule has 1 aromatic heterocycles. The van der Waals surface area contributed by atoms with E-state index in [2.05, 4.69) is 4.72 Å². The molecule has 5 nitrogen and oxygen atoms in total. The number of carbonyl (C=O) groups excluding carboxylic acids is 1. The van der Waals surface area contributed by atoms with Gasteiger partial charge in [0.2, 0.25) is 10.0 Å². The van der Waals surface area contributed by atoms with E-state index in [1.165, 1.54) is 0 Å².